The highest BCUT2D eigenvalue weighted by atomic mass is 32.2. The van der Waals surface area contributed by atoms with Crippen molar-refractivity contribution in [1.29, 1.82) is 0 Å². The minimum Gasteiger partial charge on any atom is -0.298 e. The fraction of sp³-hybridized carbons (Fsp3) is 0.0714. The molecule has 3 rings (SSSR count). The summed E-state index contributed by atoms with van der Waals surface area (Å²) in [7, 11) is 0. The fourth-order valence-corrected chi connectivity index (χ4v) is 2.64. The highest BCUT2D eigenvalue weighted by Crippen LogP contribution is 2.27. The van der Waals surface area contributed by atoms with Gasteiger partial charge >= 0.3 is 5.69 Å². The van der Waals surface area contributed by atoms with Crippen molar-refractivity contribution in [3.63, 3.8) is 0 Å². The number of hydrogen-bond acceptors (Lipinski definition) is 8. The maximum Gasteiger partial charge on any atom is 0.305 e. The molecule has 3 heterocycles. The molecule has 3 aromatic rings. The zero-order valence-corrected chi connectivity index (χ0v) is 13.1. The number of hydrogen-bond donors (Lipinski definition) is 0. The van der Waals surface area contributed by atoms with Crippen molar-refractivity contribution in [3.05, 3.63) is 59.7 Å². The van der Waals surface area contributed by atoms with Gasteiger partial charge in [-0.15, -0.1) is 16.8 Å². The Labute approximate surface area is 140 Å². The predicted octanol–water partition coefficient (Wildman–Crippen LogP) is 2.38. The summed E-state index contributed by atoms with van der Waals surface area (Å²) in [5.74, 6) is 0.668. The van der Waals surface area contributed by atoms with Crippen LogP contribution in [0.15, 0.2) is 59.9 Å². The summed E-state index contributed by atoms with van der Waals surface area (Å²) in [5.41, 5.74) is 0.709. The molecule has 24 heavy (non-hydrogen) atoms. The molecule has 0 aliphatic carbocycles. The van der Waals surface area contributed by atoms with Crippen LogP contribution in [0.25, 0.3) is 11.4 Å². The molecule has 0 amide bonds. The smallest absolute Gasteiger partial charge is 0.298 e. The maximum atomic E-state index is 10.6. The molecule has 0 aliphatic heterocycles. The summed E-state index contributed by atoms with van der Waals surface area (Å²) >= 11 is 1.17. The van der Waals surface area contributed by atoms with Crippen LogP contribution in [0.5, 0.6) is 0 Å². The highest BCUT2D eigenvalue weighted by molar-refractivity contribution is 7.99. The second-order valence-electron chi connectivity index (χ2n) is 4.52. The van der Waals surface area contributed by atoms with Crippen molar-refractivity contribution in [1.82, 2.24) is 29.7 Å². The Morgan fingerprint density at radius 1 is 1.25 bits per heavy atom. The Morgan fingerprint density at radius 3 is 2.58 bits per heavy atom. The molecule has 0 radical (unpaired) electrons. The van der Waals surface area contributed by atoms with Crippen LogP contribution in [0, 0.1) is 10.1 Å². The first-order valence-corrected chi connectivity index (χ1v) is 7.59. The van der Waals surface area contributed by atoms with Crippen molar-refractivity contribution < 1.29 is 4.92 Å². The van der Waals surface area contributed by atoms with E-state index in [0.29, 0.717) is 22.7 Å². The van der Waals surface area contributed by atoms with Gasteiger partial charge in [0.15, 0.2) is 16.1 Å². The molecule has 0 aliphatic rings. The van der Waals surface area contributed by atoms with Crippen molar-refractivity contribution in [3.8, 4) is 11.4 Å². The average Bonchev–Trinajstić information content (AvgIpc) is 2.99. The van der Waals surface area contributed by atoms with Gasteiger partial charge in [0.05, 0.1) is 4.92 Å². The monoisotopic (exact) mass is 341 g/mol. The largest absolute Gasteiger partial charge is 0.305 e. The average molecular weight is 341 g/mol. The molecule has 0 aromatic carbocycles. The zero-order chi connectivity index (χ0) is 16.9. The molecule has 0 fully saturated rings. The molecule has 0 bridgehead atoms. The SMILES string of the molecule is C=CCn1c(Sc2ncc([N+](=O)[O-])cn2)nnc1-c1ccncc1. The van der Waals surface area contributed by atoms with E-state index < -0.39 is 4.92 Å². The van der Waals surface area contributed by atoms with Gasteiger partial charge in [0, 0.05) is 24.5 Å². The molecule has 0 saturated carbocycles. The summed E-state index contributed by atoms with van der Waals surface area (Å²) in [5, 5.41) is 19.9. The molecular formula is C14H11N7O2S. The van der Waals surface area contributed by atoms with Crippen LogP contribution in [-0.2, 0) is 6.54 Å². The molecule has 3 aromatic heterocycles. The van der Waals surface area contributed by atoms with Gasteiger partial charge in [-0.3, -0.25) is 19.7 Å². The van der Waals surface area contributed by atoms with Crippen LogP contribution in [0.4, 0.5) is 5.69 Å². The first-order valence-electron chi connectivity index (χ1n) is 6.78. The lowest BCUT2D eigenvalue weighted by molar-refractivity contribution is -0.385. The third-order valence-corrected chi connectivity index (χ3v) is 3.85. The first kappa shape index (κ1) is 15.7. The van der Waals surface area contributed by atoms with E-state index in [1.807, 2.05) is 16.7 Å². The molecule has 10 heteroatoms. The lowest BCUT2D eigenvalue weighted by Gasteiger charge is -2.06. The molecule has 0 unspecified atom stereocenters. The number of allylic oxidation sites excluding steroid dienone is 1. The number of aromatic nitrogens is 6. The van der Waals surface area contributed by atoms with Gasteiger partial charge in [-0.2, -0.15) is 0 Å². The minimum absolute atomic E-state index is 0.163. The predicted molar refractivity (Wildman–Crippen MR) is 86.3 cm³/mol. The Bertz CT molecular complexity index is 865. The van der Waals surface area contributed by atoms with Crippen molar-refractivity contribution in [2.75, 3.05) is 0 Å². The van der Waals surface area contributed by atoms with E-state index in [2.05, 4.69) is 31.7 Å². The van der Waals surface area contributed by atoms with E-state index in [4.69, 9.17) is 0 Å². The number of pyridine rings is 1. The number of rotatable bonds is 6. The summed E-state index contributed by atoms with van der Waals surface area (Å²) in [6.45, 7) is 4.25. The molecule has 9 nitrogen and oxygen atoms in total. The van der Waals surface area contributed by atoms with E-state index >= 15 is 0 Å². The first-order chi connectivity index (χ1) is 11.7. The number of nitro groups is 1. The molecule has 120 valence electrons. The van der Waals surface area contributed by atoms with Crippen LogP contribution in [0.3, 0.4) is 0 Å². The third-order valence-electron chi connectivity index (χ3n) is 2.97. The van der Waals surface area contributed by atoms with E-state index in [1.165, 1.54) is 11.8 Å². The van der Waals surface area contributed by atoms with Crippen molar-refractivity contribution in [2.45, 2.75) is 16.9 Å². The Hall–Kier alpha value is -3.14. The van der Waals surface area contributed by atoms with Gasteiger partial charge in [0.2, 0.25) is 0 Å². The van der Waals surface area contributed by atoms with E-state index in [1.54, 1.807) is 18.5 Å². The Morgan fingerprint density at radius 2 is 1.96 bits per heavy atom. The molecule has 0 saturated heterocycles. The third kappa shape index (κ3) is 3.27. The molecular weight excluding hydrogens is 330 g/mol. The standard InChI is InChI=1S/C14H11N7O2S/c1-2-7-20-12(10-3-5-15-6-4-10)18-19-14(20)24-13-16-8-11(9-17-13)21(22)23/h2-6,8-9H,1,7H2. The van der Waals surface area contributed by atoms with Crippen molar-refractivity contribution >= 4 is 17.4 Å². The summed E-state index contributed by atoms with van der Waals surface area (Å²) in [6.07, 6.45) is 7.40. The Balaban J connectivity index is 1.92. The lowest BCUT2D eigenvalue weighted by Crippen LogP contribution is -2.01. The zero-order valence-electron chi connectivity index (χ0n) is 12.3. The number of nitrogens with zero attached hydrogens (tertiary/aromatic N) is 7. The quantitative estimate of drug-likeness (QED) is 0.291. The van der Waals surface area contributed by atoms with Crippen LogP contribution >= 0.6 is 11.8 Å². The minimum atomic E-state index is -0.545. The van der Waals surface area contributed by atoms with E-state index in [0.717, 1.165) is 18.0 Å². The van der Waals surface area contributed by atoms with Gasteiger partial charge in [0.1, 0.15) is 12.4 Å². The summed E-state index contributed by atoms with van der Waals surface area (Å²) in [6, 6.07) is 3.67. The van der Waals surface area contributed by atoms with Crippen LogP contribution < -0.4 is 0 Å². The normalized spacial score (nSPS) is 10.5. The lowest BCUT2D eigenvalue weighted by atomic mass is 10.2. The maximum absolute atomic E-state index is 10.6. The van der Waals surface area contributed by atoms with Crippen LogP contribution in [-0.4, -0.2) is 34.6 Å². The molecule has 0 spiro atoms. The van der Waals surface area contributed by atoms with E-state index in [-0.39, 0.29) is 5.69 Å². The van der Waals surface area contributed by atoms with Crippen LogP contribution in [0.1, 0.15) is 0 Å². The summed E-state index contributed by atoms with van der Waals surface area (Å²) in [4.78, 5) is 22.0. The molecule has 0 atom stereocenters. The Kier molecular flexibility index (Phi) is 4.57. The highest BCUT2D eigenvalue weighted by Gasteiger charge is 2.16. The van der Waals surface area contributed by atoms with Gasteiger partial charge in [0.25, 0.3) is 0 Å². The second-order valence-corrected chi connectivity index (χ2v) is 5.46. The molecule has 0 N–H and O–H groups in total. The van der Waals surface area contributed by atoms with Gasteiger partial charge in [-0.25, -0.2) is 9.97 Å². The fourth-order valence-electron chi connectivity index (χ4n) is 1.91. The van der Waals surface area contributed by atoms with Crippen LogP contribution in [0.2, 0.25) is 0 Å². The van der Waals surface area contributed by atoms with Gasteiger partial charge in [-0.1, -0.05) is 6.08 Å². The van der Waals surface area contributed by atoms with Gasteiger partial charge < -0.3 is 0 Å². The topological polar surface area (TPSA) is 113 Å². The second kappa shape index (κ2) is 6.96. The van der Waals surface area contributed by atoms with E-state index in [9.17, 15) is 10.1 Å². The van der Waals surface area contributed by atoms with Gasteiger partial charge in [-0.05, 0) is 23.9 Å². The summed E-state index contributed by atoms with van der Waals surface area (Å²) < 4.78 is 1.86. The van der Waals surface area contributed by atoms with Crippen molar-refractivity contribution in [2.24, 2.45) is 0 Å².